The summed E-state index contributed by atoms with van der Waals surface area (Å²) < 4.78 is 5.51. The van der Waals surface area contributed by atoms with E-state index >= 15 is 0 Å². The van der Waals surface area contributed by atoms with Gasteiger partial charge in [-0.3, -0.25) is 0 Å². The molecule has 0 aliphatic heterocycles. The third kappa shape index (κ3) is 7.54. The zero-order chi connectivity index (χ0) is 57.3. The van der Waals surface area contributed by atoms with Crippen molar-refractivity contribution in [1.29, 1.82) is 0 Å². The van der Waals surface area contributed by atoms with Gasteiger partial charge in [-0.05, 0) is 226 Å². The Morgan fingerprint density at radius 2 is 0.583 bits per heavy atom. The van der Waals surface area contributed by atoms with Crippen molar-refractivity contribution in [3.63, 3.8) is 0 Å². The van der Waals surface area contributed by atoms with E-state index in [4.69, 9.17) is 0 Å². The molecule has 8 heterocycles. The molecule has 0 bridgehead atoms. The lowest BCUT2D eigenvalue weighted by atomic mass is 9.79. The van der Waals surface area contributed by atoms with Crippen LogP contribution in [0, 0.1) is 41.5 Å². The van der Waals surface area contributed by atoms with Crippen LogP contribution in [-0.2, 0) is 10.8 Å². The molecule has 4 aliphatic rings. The third-order valence-corrected chi connectivity index (χ3v) is 29.3. The summed E-state index contributed by atoms with van der Waals surface area (Å²) in [7, 11) is 0. The summed E-state index contributed by atoms with van der Waals surface area (Å²) in [6.07, 6.45) is 0. The van der Waals surface area contributed by atoms with Gasteiger partial charge in [0.1, 0.15) is 0 Å². The molecule has 6 aromatic carbocycles. The van der Waals surface area contributed by atoms with Crippen molar-refractivity contribution >= 4 is 131 Å². The van der Waals surface area contributed by atoms with Crippen molar-refractivity contribution in [2.24, 2.45) is 0 Å². The molecule has 2 atom stereocenters. The molecule has 0 radical (unpaired) electrons. The Labute approximate surface area is 524 Å². The Bertz CT molecular complexity index is 4870. The van der Waals surface area contributed by atoms with Crippen LogP contribution >= 0.6 is 90.7 Å². The standard InChI is InChI=1S/2C38H30S4/c1-19-7-9-29-21(11-19)13-31(39-29)33-17-27-35(41-33)23-15-26-24(16-25(23)37(27,3)4)36-28(38(26,5)6)18-34(42-36)32-14-22-12-20(2)8-10-30(22)40-32;1-17-7-9-27-23(11-17)13-29(39-27)31-15-25-19(3)33-22(6)36-34(21(5)35(33)37(25)41-31)20(4)26-16-32(42-38(26)36)30-14-24-12-18(2)8-10-28(24)40-30/h7-18H,1-6H3;7-16,19-20H,1-6H3. The smallest absolute Gasteiger partial charge is 0.0455 e. The number of hydrogen-bond donors (Lipinski definition) is 0. The quantitative estimate of drug-likeness (QED) is 0.165. The van der Waals surface area contributed by atoms with Crippen LogP contribution in [0.25, 0.3) is 121 Å². The Morgan fingerprint density at radius 3 is 0.905 bits per heavy atom. The molecular weight excluding hydrogens is 1170 g/mol. The van der Waals surface area contributed by atoms with E-state index < -0.39 is 0 Å². The summed E-state index contributed by atoms with van der Waals surface area (Å²) in [5.74, 6) is 0.843. The average molecular weight is 1230 g/mol. The SMILES string of the molecule is Cc1ccc2sc(-c3cc4c(s3)-c3c(C)c5c(c(C)c3C4C)-c3sc(-c4cc6cc(C)ccc6s4)cc3C5C)cc2c1.Cc1ccc2sc(-c3cc4c(s3)-c3cc5c(cc3C4(C)C)-c3sc(-c4cc6cc(C)ccc6s4)cc3C5(C)C)cc2c1. The second kappa shape index (κ2) is 18.3. The average Bonchev–Trinajstić information content (AvgIpc) is 1.60. The highest BCUT2D eigenvalue weighted by Crippen LogP contribution is 2.64. The summed E-state index contributed by atoms with van der Waals surface area (Å²) in [5, 5.41) is 5.46. The molecule has 18 rings (SSSR count). The van der Waals surface area contributed by atoms with Gasteiger partial charge in [0, 0.05) is 100.0 Å². The summed E-state index contributed by atoms with van der Waals surface area (Å²) in [6.45, 7) is 28.1. The fourth-order valence-corrected chi connectivity index (χ4v) is 24.8. The number of rotatable bonds is 4. The van der Waals surface area contributed by atoms with Gasteiger partial charge in [0.05, 0.1) is 0 Å². The van der Waals surface area contributed by atoms with E-state index in [1.54, 1.807) is 11.1 Å². The second-order valence-electron chi connectivity index (χ2n) is 25.6. The van der Waals surface area contributed by atoms with E-state index in [1.807, 2.05) is 90.7 Å². The molecular formula is C76H60S8. The van der Waals surface area contributed by atoms with Gasteiger partial charge in [-0.15, -0.1) is 90.7 Å². The number of thiophene rings is 8. The summed E-state index contributed by atoms with van der Waals surface area (Å²) >= 11 is 15.7. The molecule has 8 heteroatoms. The first-order chi connectivity index (χ1) is 40.3. The molecule has 0 saturated carbocycles. The first-order valence-corrected chi connectivity index (χ1v) is 35.8. The van der Waals surface area contributed by atoms with Gasteiger partial charge < -0.3 is 0 Å². The number of benzene rings is 6. The summed E-state index contributed by atoms with van der Waals surface area (Å²) in [5.41, 5.74) is 26.4. The minimum Gasteiger partial charge on any atom is -0.134 e. The van der Waals surface area contributed by atoms with E-state index in [9.17, 15) is 0 Å². The maximum Gasteiger partial charge on any atom is 0.0455 e. The molecule has 0 nitrogen and oxygen atoms in total. The van der Waals surface area contributed by atoms with Crippen molar-refractivity contribution in [2.45, 2.75) is 106 Å². The predicted octanol–water partition coefficient (Wildman–Crippen LogP) is 25.9. The minimum absolute atomic E-state index is 0.0158. The highest BCUT2D eigenvalue weighted by Gasteiger charge is 2.45. The summed E-state index contributed by atoms with van der Waals surface area (Å²) in [6, 6.07) is 52.0. The molecule has 412 valence electrons. The van der Waals surface area contributed by atoms with E-state index in [2.05, 4.69) is 217 Å². The molecule has 0 amide bonds. The Hall–Kier alpha value is -6.04. The maximum atomic E-state index is 2.56. The van der Waals surface area contributed by atoms with E-state index in [0.717, 1.165) is 0 Å². The molecule has 14 aromatic rings. The Kier molecular flexibility index (Phi) is 11.4. The summed E-state index contributed by atoms with van der Waals surface area (Å²) in [4.78, 5) is 17.2. The van der Waals surface area contributed by atoms with Gasteiger partial charge in [0.2, 0.25) is 0 Å². The number of aryl methyl sites for hydroxylation is 4. The van der Waals surface area contributed by atoms with Crippen LogP contribution in [0.5, 0.6) is 0 Å². The van der Waals surface area contributed by atoms with Crippen LogP contribution in [-0.4, -0.2) is 0 Å². The van der Waals surface area contributed by atoms with Crippen molar-refractivity contribution in [2.75, 3.05) is 0 Å². The Morgan fingerprint density at radius 1 is 0.298 bits per heavy atom. The molecule has 8 aromatic heterocycles. The van der Waals surface area contributed by atoms with Crippen molar-refractivity contribution in [1.82, 2.24) is 0 Å². The molecule has 0 fully saturated rings. The van der Waals surface area contributed by atoms with Crippen molar-refractivity contribution in [3.8, 4) is 80.8 Å². The molecule has 4 aliphatic carbocycles. The maximum absolute atomic E-state index is 2.56. The number of fused-ring (bicyclic) bond motifs is 16. The van der Waals surface area contributed by atoms with Gasteiger partial charge in [-0.25, -0.2) is 0 Å². The lowest BCUT2D eigenvalue weighted by molar-refractivity contribution is 0.653. The first kappa shape index (κ1) is 52.3. The second-order valence-corrected chi connectivity index (χ2v) is 34.1. The molecule has 0 N–H and O–H groups in total. The first-order valence-electron chi connectivity index (χ1n) is 29.3. The van der Waals surface area contributed by atoms with Crippen LogP contribution in [0.15, 0.2) is 133 Å². The van der Waals surface area contributed by atoms with Gasteiger partial charge in [0.15, 0.2) is 0 Å². The highest BCUT2D eigenvalue weighted by atomic mass is 32.1. The van der Waals surface area contributed by atoms with Crippen LogP contribution in [0.3, 0.4) is 0 Å². The van der Waals surface area contributed by atoms with Crippen LogP contribution in [0.4, 0.5) is 0 Å². The van der Waals surface area contributed by atoms with Crippen molar-refractivity contribution < 1.29 is 0 Å². The lowest BCUT2D eigenvalue weighted by Gasteiger charge is -2.24. The fourth-order valence-electron chi connectivity index (χ4n) is 14.9. The zero-order valence-electron chi connectivity index (χ0n) is 49.1. The van der Waals surface area contributed by atoms with Gasteiger partial charge >= 0.3 is 0 Å². The molecule has 2 unspecified atom stereocenters. The minimum atomic E-state index is -0.0158. The predicted molar refractivity (Wildman–Crippen MR) is 377 cm³/mol. The van der Waals surface area contributed by atoms with Gasteiger partial charge in [0.25, 0.3) is 0 Å². The molecule has 0 saturated heterocycles. The van der Waals surface area contributed by atoms with Gasteiger partial charge in [-0.1, -0.05) is 112 Å². The lowest BCUT2D eigenvalue weighted by Crippen LogP contribution is -2.16. The van der Waals surface area contributed by atoms with Crippen LogP contribution in [0.2, 0.25) is 0 Å². The van der Waals surface area contributed by atoms with E-state index in [1.165, 1.54) is 188 Å². The normalized spacial score (nSPS) is 16.3. The van der Waals surface area contributed by atoms with Crippen LogP contribution < -0.4 is 0 Å². The largest absolute Gasteiger partial charge is 0.134 e. The monoisotopic (exact) mass is 1230 g/mol. The molecule has 0 spiro atoms. The molecule has 84 heavy (non-hydrogen) atoms. The van der Waals surface area contributed by atoms with Crippen LogP contribution in [0.1, 0.15) is 131 Å². The fraction of sp³-hybridized carbons (Fsp3) is 0.211. The van der Waals surface area contributed by atoms with E-state index in [-0.39, 0.29) is 10.8 Å². The Balaban J connectivity index is 0.000000132. The van der Waals surface area contributed by atoms with Crippen molar-refractivity contribution in [3.05, 3.63) is 211 Å². The van der Waals surface area contributed by atoms with E-state index in [0.29, 0.717) is 11.8 Å². The zero-order valence-corrected chi connectivity index (χ0v) is 55.7. The third-order valence-electron chi connectivity index (χ3n) is 19.3. The number of hydrogen-bond acceptors (Lipinski definition) is 8. The topological polar surface area (TPSA) is 0 Å². The van der Waals surface area contributed by atoms with Gasteiger partial charge in [-0.2, -0.15) is 0 Å². The highest BCUT2D eigenvalue weighted by molar-refractivity contribution is 7.29.